The van der Waals surface area contributed by atoms with E-state index in [9.17, 15) is 4.79 Å². The molecule has 1 atom stereocenters. The van der Waals surface area contributed by atoms with Crippen molar-refractivity contribution < 1.29 is 0 Å². The van der Waals surface area contributed by atoms with Gasteiger partial charge >= 0.3 is 0 Å². The van der Waals surface area contributed by atoms with Crippen molar-refractivity contribution in [1.29, 1.82) is 0 Å². The van der Waals surface area contributed by atoms with Gasteiger partial charge in [-0.05, 0) is 29.3 Å². The molecule has 0 bridgehead atoms. The van der Waals surface area contributed by atoms with E-state index in [0.29, 0.717) is 4.47 Å². The van der Waals surface area contributed by atoms with Gasteiger partial charge in [-0.1, -0.05) is 0 Å². The van der Waals surface area contributed by atoms with E-state index in [-0.39, 0.29) is 11.6 Å². The molecule has 2 aromatic rings. The maximum atomic E-state index is 11.8. The Morgan fingerprint density at radius 2 is 2.30 bits per heavy atom. The molecule has 106 valence electrons. The van der Waals surface area contributed by atoms with Crippen LogP contribution in [0.1, 0.15) is 18.1 Å². The molecule has 8 heteroatoms. The summed E-state index contributed by atoms with van der Waals surface area (Å²) < 4.78 is 3.74. The Labute approximate surface area is 124 Å². The Morgan fingerprint density at radius 1 is 1.50 bits per heavy atom. The van der Waals surface area contributed by atoms with Crippen LogP contribution in [0.25, 0.3) is 0 Å². The van der Waals surface area contributed by atoms with Gasteiger partial charge in [0.25, 0.3) is 5.56 Å². The average molecular weight is 339 g/mol. The largest absolute Gasteiger partial charge is 0.378 e. The third kappa shape index (κ3) is 2.35. The van der Waals surface area contributed by atoms with E-state index in [4.69, 9.17) is 0 Å². The predicted molar refractivity (Wildman–Crippen MR) is 77.7 cm³/mol. The summed E-state index contributed by atoms with van der Waals surface area (Å²) >= 11 is 3.32. The van der Waals surface area contributed by atoms with Crippen LogP contribution < -0.4 is 10.9 Å². The summed E-state index contributed by atoms with van der Waals surface area (Å²) in [6.07, 6.45) is 3.50. The second kappa shape index (κ2) is 5.01. The van der Waals surface area contributed by atoms with Crippen LogP contribution in [0.4, 0.5) is 5.69 Å². The van der Waals surface area contributed by atoms with Gasteiger partial charge in [-0.2, -0.15) is 10.2 Å². The first-order chi connectivity index (χ1) is 9.54. The summed E-state index contributed by atoms with van der Waals surface area (Å²) in [5, 5.41) is 11.8. The lowest BCUT2D eigenvalue weighted by atomic mass is 10.1. The topological polar surface area (TPSA) is 77.6 Å². The van der Waals surface area contributed by atoms with Gasteiger partial charge in [0.1, 0.15) is 16.1 Å². The number of anilines is 1. The molecule has 3 rings (SSSR count). The fourth-order valence-corrected chi connectivity index (χ4v) is 2.86. The quantitative estimate of drug-likeness (QED) is 0.879. The van der Waals surface area contributed by atoms with E-state index < -0.39 is 0 Å². The average Bonchev–Trinajstić information content (AvgIpc) is 2.79. The molecule has 20 heavy (non-hydrogen) atoms. The Kier molecular flexibility index (Phi) is 3.33. The highest BCUT2D eigenvalue weighted by molar-refractivity contribution is 9.10. The summed E-state index contributed by atoms with van der Waals surface area (Å²) in [5.41, 5.74) is 0.571. The lowest BCUT2D eigenvalue weighted by Crippen LogP contribution is -2.33. The SMILES string of the molecule is Cc1nc2n(n1)CC(Nc1cnn(C)c(=O)c1Br)CC2. The molecule has 1 unspecified atom stereocenters. The Morgan fingerprint density at radius 3 is 3.10 bits per heavy atom. The van der Waals surface area contributed by atoms with Gasteiger partial charge < -0.3 is 5.32 Å². The molecule has 0 saturated heterocycles. The van der Waals surface area contributed by atoms with Gasteiger partial charge in [0.15, 0.2) is 0 Å². The lowest BCUT2D eigenvalue weighted by Gasteiger charge is -2.24. The molecule has 1 aliphatic rings. The van der Waals surface area contributed by atoms with Crippen LogP contribution in [-0.2, 0) is 20.0 Å². The number of halogens is 1. The van der Waals surface area contributed by atoms with E-state index in [2.05, 4.69) is 36.4 Å². The van der Waals surface area contributed by atoms with Crippen LogP contribution in [0.2, 0.25) is 0 Å². The fourth-order valence-electron chi connectivity index (χ4n) is 2.38. The maximum Gasteiger partial charge on any atom is 0.282 e. The summed E-state index contributed by atoms with van der Waals surface area (Å²) in [7, 11) is 1.63. The summed E-state index contributed by atoms with van der Waals surface area (Å²) in [6.45, 7) is 2.65. The van der Waals surface area contributed by atoms with Crippen molar-refractivity contribution in [3.05, 3.63) is 32.7 Å². The Hall–Kier alpha value is -1.70. The van der Waals surface area contributed by atoms with Crippen molar-refractivity contribution in [3.8, 4) is 0 Å². The molecule has 0 amide bonds. The predicted octanol–water partition coefficient (Wildman–Crippen LogP) is 0.870. The van der Waals surface area contributed by atoms with Crippen LogP contribution in [0.15, 0.2) is 15.5 Å². The highest BCUT2D eigenvalue weighted by atomic mass is 79.9. The van der Waals surface area contributed by atoms with Crippen molar-refractivity contribution in [1.82, 2.24) is 24.5 Å². The third-order valence-electron chi connectivity index (χ3n) is 3.40. The van der Waals surface area contributed by atoms with Crippen LogP contribution in [0.3, 0.4) is 0 Å². The minimum absolute atomic E-state index is 0.150. The van der Waals surface area contributed by atoms with Crippen molar-refractivity contribution in [2.45, 2.75) is 32.4 Å². The smallest absolute Gasteiger partial charge is 0.282 e. The van der Waals surface area contributed by atoms with E-state index in [0.717, 1.165) is 36.7 Å². The number of hydrogen-bond acceptors (Lipinski definition) is 5. The zero-order valence-corrected chi connectivity index (χ0v) is 12.9. The zero-order valence-electron chi connectivity index (χ0n) is 11.3. The normalized spacial score (nSPS) is 17.9. The van der Waals surface area contributed by atoms with E-state index in [1.165, 1.54) is 4.68 Å². The lowest BCUT2D eigenvalue weighted by molar-refractivity contribution is 0.440. The molecule has 0 aliphatic carbocycles. The number of nitrogens with zero attached hydrogens (tertiary/aromatic N) is 5. The second-order valence-electron chi connectivity index (χ2n) is 4.94. The molecular weight excluding hydrogens is 324 g/mol. The van der Waals surface area contributed by atoms with E-state index >= 15 is 0 Å². The molecule has 0 spiro atoms. The van der Waals surface area contributed by atoms with E-state index in [1.54, 1.807) is 13.2 Å². The van der Waals surface area contributed by atoms with Gasteiger partial charge in [0.05, 0.1) is 18.4 Å². The van der Waals surface area contributed by atoms with Crippen molar-refractivity contribution in [3.63, 3.8) is 0 Å². The highest BCUT2D eigenvalue weighted by Crippen LogP contribution is 2.21. The summed E-state index contributed by atoms with van der Waals surface area (Å²) in [4.78, 5) is 16.2. The van der Waals surface area contributed by atoms with Gasteiger partial charge in [0.2, 0.25) is 0 Å². The van der Waals surface area contributed by atoms with Crippen molar-refractivity contribution in [2.75, 3.05) is 5.32 Å². The van der Waals surface area contributed by atoms with Crippen molar-refractivity contribution in [2.24, 2.45) is 7.05 Å². The molecule has 7 nitrogen and oxygen atoms in total. The van der Waals surface area contributed by atoms with Crippen LogP contribution in [-0.4, -0.2) is 30.6 Å². The molecule has 0 fully saturated rings. The van der Waals surface area contributed by atoms with Crippen molar-refractivity contribution >= 4 is 21.6 Å². The van der Waals surface area contributed by atoms with Gasteiger partial charge in [-0.15, -0.1) is 0 Å². The number of aromatic nitrogens is 5. The molecular formula is C12H15BrN6O. The first-order valence-corrected chi connectivity index (χ1v) is 7.22. The second-order valence-corrected chi connectivity index (χ2v) is 5.73. The molecule has 0 radical (unpaired) electrons. The monoisotopic (exact) mass is 338 g/mol. The molecule has 3 heterocycles. The molecule has 2 aromatic heterocycles. The number of nitrogens with one attached hydrogen (secondary N) is 1. The number of aryl methyl sites for hydroxylation is 3. The van der Waals surface area contributed by atoms with Gasteiger partial charge in [-0.3, -0.25) is 4.79 Å². The standard InChI is InChI=1S/C12H15BrN6O/c1-7-15-10-4-3-8(6-19(10)17-7)16-9-5-14-18(2)12(20)11(9)13/h5,8,16H,3-4,6H2,1-2H3. The minimum Gasteiger partial charge on any atom is -0.378 e. The molecule has 1 aliphatic heterocycles. The Bertz CT molecular complexity index is 706. The fraction of sp³-hybridized carbons (Fsp3) is 0.500. The summed E-state index contributed by atoms with van der Waals surface area (Å²) in [6, 6.07) is 0.216. The maximum absolute atomic E-state index is 11.8. The van der Waals surface area contributed by atoms with Crippen LogP contribution >= 0.6 is 15.9 Å². The first kappa shape index (κ1) is 13.3. The first-order valence-electron chi connectivity index (χ1n) is 6.43. The molecule has 0 aromatic carbocycles. The van der Waals surface area contributed by atoms with Crippen LogP contribution in [0, 0.1) is 6.92 Å². The number of hydrogen-bond donors (Lipinski definition) is 1. The van der Waals surface area contributed by atoms with E-state index in [1.807, 2.05) is 11.6 Å². The number of rotatable bonds is 2. The third-order valence-corrected chi connectivity index (χ3v) is 4.17. The summed E-state index contributed by atoms with van der Waals surface area (Å²) in [5.74, 6) is 1.83. The molecule has 0 saturated carbocycles. The zero-order chi connectivity index (χ0) is 14.3. The Balaban J connectivity index is 1.80. The highest BCUT2D eigenvalue weighted by Gasteiger charge is 2.21. The van der Waals surface area contributed by atoms with Gasteiger partial charge in [0, 0.05) is 19.5 Å². The number of fused-ring (bicyclic) bond motifs is 1. The van der Waals surface area contributed by atoms with Gasteiger partial charge in [-0.25, -0.2) is 14.3 Å². The molecule has 1 N–H and O–H groups in total. The minimum atomic E-state index is -0.150. The van der Waals surface area contributed by atoms with Crippen LogP contribution in [0.5, 0.6) is 0 Å².